The fourth-order valence-electron chi connectivity index (χ4n) is 4.48. The minimum Gasteiger partial charge on any atom is -0.810 e. The summed E-state index contributed by atoms with van der Waals surface area (Å²) in [5, 5.41) is 9.06. The van der Waals surface area contributed by atoms with Gasteiger partial charge < -0.3 is 25.0 Å². The summed E-state index contributed by atoms with van der Waals surface area (Å²) in [5.41, 5.74) is 5.95. The summed E-state index contributed by atoms with van der Waals surface area (Å²) < 4.78 is 11.0. The Bertz CT molecular complexity index is 1510. The number of hydrogen-bond donors (Lipinski definition) is 2. The first kappa shape index (κ1) is 35.0. The predicted molar refractivity (Wildman–Crippen MR) is 154 cm³/mol. The summed E-state index contributed by atoms with van der Waals surface area (Å²) in [6, 6.07) is 17.0. The molecule has 4 aromatic rings. The number of nitrogens with one attached hydrogen (secondary N) is 2. The molecule has 3 heterocycles. The molecule has 0 spiro atoms. The number of pyridine rings is 1. The quantitative estimate of drug-likeness (QED) is 0.154. The first-order valence-corrected chi connectivity index (χ1v) is 15.4. The van der Waals surface area contributed by atoms with Gasteiger partial charge in [0.2, 0.25) is 0 Å². The Labute approximate surface area is 293 Å². The van der Waals surface area contributed by atoms with E-state index in [4.69, 9.17) is 0 Å². The maximum atomic E-state index is 12.9. The predicted octanol–water partition coefficient (Wildman–Crippen LogP) is -2.49. The molecule has 42 heavy (non-hydrogen) atoms. The first-order chi connectivity index (χ1) is 19.2. The van der Waals surface area contributed by atoms with Gasteiger partial charge in [-0.3, -0.25) is 19.6 Å². The van der Waals surface area contributed by atoms with Crippen molar-refractivity contribution in [2.45, 2.75) is 13.5 Å². The number of carbonyl (C=O) groups is 1. The summed E-state index contributed by atoms with van der Waals surface area (Å²) >= 11 is 1.50. The molecule has 14 heteroatoms. The molecule has 0 saturated carbocycles. The van der Waals surface area contributed by atoms with E-state index in [-0.39, 0.29) is 65.0 Å². The van der Waals surface area contributed by atoms with E-state index in [1.165, 1.54) is 11.3 Å². The molecule has 1 aliphatic rings. The number of carbonyl (C=O) groups excluding carboxylic acids is 1. The van der Waals surface area contributed by atoms with Crippen LogP contribution in [0.1, 0.15) is 21.5 Å². The second-order valence-electron chi connectivity index (χ2n) is 9.73. The first-order valence-electron chi connectivity index (χ1n) is 12.8. The van der Waals surface area contributed by atoms with Crippen LogP contribution in [0, 0.1) is 6.92 Å². The van der Waals surface area contributed by atoms with E-state index in [9.17, 15) is 19.1 Å². The number of benzene rings is 2. The van der Waals surface area contributed by atoms with Crippen LogP contribution in [-0.2, 0) is 11.1 Å². The maximum Gasteiger partial charge on any atom is 1.00 e. The van der Waals surface area contributed by atoms with Crippen LogP contribution in [0.25, 0.3) is 11.3 Å². The number of nitrogens with zero attached hydrogens (tertiary/aromatic N) is 4. The Balaban J connectivity index is 0.00000242. The zero-order chi connectivity index (χ0) is 28.1. The van der Waals surface area contributed by atoms with Crippen LogP contribution in [0.15, 0.2) is 72.4 Å². The van der Waals surface area contributed by atoms with Gasteiger partial charge in [0, 0.05) is 79.3 Å². The Morgan fingerprint density at radius 1 is 1.02 bits per heavy atom. The molecule has 0 unspecified atom stereocenters. The molecular weight excluding hydrogens is 593 g/mol. The SMILES string of the molecule is Cc1ccc(NC(=O)c2ccc(CN3CCN(CP(=O)([O-])[O-])CC3)cc2)cc1Nc1nc(-c2cccnc2)cs1.[Na+].[Na+]. The van der Waals surface area contributed by atoms with Gasteiger partial charge in [-0.2, -0.15) is 0 Å². The normalized spacial score (nSPS) is 14.0. The van der Waals surface area contributed by atoms with E-state index >= 15 is 0 Å². The van der Waals surface area contributed by atoms with Crippen molar-refractivity contribution in [1.82, 2.24) is 19.8 Å². The third-order valence-corrected chi connectivity index (χ3v) is 8.16. The summed E-state index contributed by atoms with van der Waals surface area (Å²) in [7, 11) is -4.53. The number of rotatable bonds is 9. The summed E-state index contributed by atoms with van der Waals surface area (Å²) in [6.07, 6.45) is 3.09. The molecule has 0 atom stereocenters. The second-order valence-corrected chi connectivity index (χ2v) is 12.1. The molecule has 1 saturated heterocycles. The molecule has 1 amide bonds. The number of aryl methyl sites for hydroxylation is 1. The third-order valence-electron chi connectivity index (χ3n) is 6.66. The van der Waals surface area contributed by atoms with Crippen LogP contribution < -0.4 is 79.5 Å². The zero-order valence-electron chi connectivity index (χ0n) is 23.9. The monoisotopic (exact) mass is 622 g/mol. The Hall–Kier alpha value is -1.44. The molecule has 0 radical (unpaired) electrons. The summed E-state index contributed by atoms with van der Waals surface area (Å²) in [5.74, 6) is -0.206. The number of piperazine rings is 1. The van der Waals surface area contributed by atoms with Gasteiger partial charge in [-0.15, -0.1) is 11.3 Å². The number of amides is 1. The third kappa shape index (κ3) is 10.1. The maximum absolute atomic E-state index is 12.9. The van der Waals surface area contributed by atoms with Gasteiger partial charge in [-0.25, -0.2) is 4.98 Å². The fraction of sp³-hybridized carbons (Fsp3) is 0.250. The van der Waals surface area contributed by atoms with Gasteiger partial charge in [0.25, 0.3) is 5.91 Å². The van der Waals surface area contributed by atoms with E-state index in [2.05, 4.69) is 25.5 Å². The van der Waals surface area contributed by atoms with Crippen molar-refractivity contribution in [1.29, 1.82) is 0 Å². The zero-order valence-corrected chi connectivity index (χ0v) is 29.7. The molecule has 2 aromatic heterocycles. The smallest absolute Gasteiger partial charge is 0.810 e. The van der Waals surface area contributed by atoms with Gasteiger partial charge in [0.15, 0.2) is 5.13 Å². The van der Waals surface area contributed by atoms with E-state index < -0.39 is 13.9 Å². The molecular formula is C28H29N6Na2O4PS. The molecule has 208 valence electrons. The van der Waals surface area contributed by atoms with E-state index in [0.717, 1.165) is 33.2 Å². The molecule has 1 aliphatic heterocycles. The van der Waals surface area contributed by atoms with Crippen molar-refractivity contribution in [3.63, 3.8) is 0 Å². The van der Waals surface area contributed by atoms with Crippen molar-refractivity contribution in [3.8, 4) is 11.3 Å². The van der Waals surface area contributed by atoms with Crippen LogP contribution in [0.5, 0.6) is 0 Å². The van der Waals surface area contributed by atoms with Crippen LogP contribution >= 0.6 is 18.9 Å². The number of thiazole rings is 1. The van der Waals surface area contributed by atoms with Gasteiger partial charge >= 0.3 is 59.1 Å². The molecule has 5 rings (SSSR count). The van der Waals surface area contributed by atoms with Gasteiger partial charge in [-0.05, 0) is 54.4 Å². The van der Waals surface area contributed by atoms with E-state index in [1.54, 1.807) is 29.4 Å². The number of hydrogen-bond acceptors (Lipinski definition) is 10. The van der Waals surface area contributed by atoms with Gasteiger partial charge in [0.05, 0.1) is 5.69 Å². The standard InChI is InChI=1S/C28H31N6O4PS.2Na/c1-20-4-9-24(15-25(20)31-28-32-26(18-40-28)23-3-2-10-29-16-23)30-27(35)22-7-5-21(6-8-22)17-33-11-13-34(14-12-33)19-39(36,37)38;;/h2-10,15-16,18H,11-14,17,19H2,1H3,(H,30,35)(H,31,32)(H2,36,37,38);;/q;2*+1/p-2. The number of aromatic nitrogens is 2. The Kier molecular flexibility index (Phi) is 13.4. The van der Waals surface area contributed by atoms with Crippen molar-refractivity contribution < 1.29 is 78.3 Å². The van der Waals surface area contributed by atoms with Crippen molar-refractivity contribution in [3.05, 3.63) is 89.1 Å². The molecule has 10 nitrogen and oxygen atoms in total. The summed E-state index contributed by atoms with van der Waals surface area (Å²) in [6.45, 7) is 5.12. The minimum atomic E-state index is -4.53. The van der Waals surface area contributed by atoms with Crippen molar-refractivity contribution in [2.75, 3.05) is 43.1 Å². The number of anilines is 3. The molecule has 2 N–H and O–H groups in total. The summed E-state index contributed by atoms with van der Waals surface area (Å²) in [4.78, 5) is 47.6. The largest absolute Gasteiger partial charge is 1.00 e. The molecule has 0 aliphatic carbocycles. The van der Waals surface area contributed by atoms with Crippen molar-refractivity contribution >= 4 is 41.3 Å². The average molecular weight is 623 g/mol. The van der Waals surface area contributed by atoms with Gasteiger partial charge in [-0.1, -0.05) is 25.8 Å². The Morgan fingerprint density at radius 2 is 1.74 bits per heavy atom. The van der Waals surface area contributed by atoms with Crippen LogP contribution in [0.2, 0.25) is 0 Å². The van der Waals surface area contributed by atoms with E-state index in [1.807, 2.05) is 54.8 Å². The molecule has 1 fully saturated rings. The fourth-order valence-corrected chi connectivity index (χ4v) is 5.99. The van der Waals surface area contributed by atoms with Crippen LogP contribution in [-0.4, -0.2) is 58.1 Å². The topological polar surface area (TPSA) is 137 Å². The van der Waals surface area contributed by atoms with Crippen LogP contribution in [0.3, 0.4) is 0 Å². The van der Waals surface area contributed by atoms with Crippen molar-refractivity contribution in [2.24, 2.45) is 0 Å². The molecule has 2 aromatic carbocycles. The average Bonchev–Trinajstić information content (AvgIpc) is 3.40. The molecule has 0 bridgehead atoms. The minimum absolute atomic E-state index is 0. The van der Waals surface area contributed by atoms with Gasteiger partial charge in [0.1, 0.15) is 0 Å². The Morgan fingerprint density at radius 3 is 2.40 bits per heavy atom. The van der Waals surface area contributed by atoms with Crippen LogP contribution in [0.4, 0.5) is 16.5 Å². The van der Waals surface area contributed by atoms with E-state index in [0.29, 0.717) is 44.0 Å². The second kappa shape index (κ2) is 16.0.